The van der Waals surface area contributed by atoms with E-state index in [1.807, 2.05) is 12.2 Å². The maximum atomic E-state index is 14.1. The smallest absolute Gasteiger partial charge is 0.411 e. The predicted octanol–water partition coefficient (Wildman–Crippen LogP) is 2.44. The molecule has 0 spiro atoms. The van der Waals surface area contributed by atoms with E-state index in [0.29, 0.717) is 31.4 Å². The standard InChI is InChI=1S/C31H48N2O8S/c1-7-20-10-8-9-11-21(27-24(35)23(34)25(36)29(40-27)42-20)32-28(37)22-26-19(15-18(12-13-39-26)14-17(2)3)16-33(22)30(38)41-31(4,5)6/h1,8-9,17-27,29,34-36H,10-16H2,2-6H3,(H,32,37)/b9-8-/t18-,19-,20+,21+,22-,23-,24+,25+,26+,27+,29+/m0/s1. The van der Waals surface area contributed by atoms with Crippen molar-refractivity contribution in [2.24, 2.45) is 17.8 Å². The summed E-state index contributed by atoms with van der Waals surface area (Å²) in [5.41, 5.74) is -1.64. The summed E-state index contributed by atoms with van der Waals surface area (Å²) < 4.78 is 18.1. The molecule has 236 valence electrons. The first-order valence-electron chi connectivity index (χ1n) is 15.2. The summed E-state index contributed by atoms with van der Waals surface area (Å²) in [5.74, 6) is 3.17. The van der Waals surface area contributed by atoms with Crippen molar-refractivity contribution in [1.82, 2.24) is 10.2 Å². The molecule has 42 heavy (non-hydrogen) atoms. The molecule has 11 atom stereocenters. The zero-order valence-corrected chi connectivity index (χ0v) is 26.2. The molecule has 3 saturated heterocycles. The van der Waals surface area contributed by atoms with E-state index in [2.05, 4.69) is 25.1 Å². The lowest BCUT2D eigenvalue weighted by Gasteiger charge is -2.44. The maximum Gasteiger partial charge on any atom is 0.411 e. The predicted molar refractivity (Wildman–Crippen MR) is 159 cm³/mol. The fourth-order valence-corrected chi connectivity index (χ4v) is 7.73. The number of amides is 2. The van der Waals surface area contributed by atoms with Crippen LogP contribution in [0.2, 0.25) is 0 Å². The largest absolute Gasteiger partial charge is 0.444 e. The number of allylic oxidation sites excluding steroid dienone is 1. The van der Waals surface area contributed by atoms with Crippen LogP contribution >= 0.6 is 11.8 Å². The summed E-state index contributed by atoms with van der Waals surface area (Å²) in [6, 6.07) is -1.69. The molecular weight excluding hydrogens is 560 g/mol. The third-order valence-electron chi connectivity index (χ3n) is 8.44. The van der Waals surface area contributed by atoms with Crippen LogP contribution in [0.15, 0.2) is 12.2 Å². The van der Waals surface area contributed by atoms with Crippen LogP contribution in [-0.2, 0) is 19.0 Å². The lowest BCUT2D eigenvalue weighted by molar-refractivity contribution is -0.205. The van der Waals surface area contributed by atoms with Gasteiger partial charge in [0.1, 0.15) is 41.5 Å². The van der Waals surface area contributed by atoms with Crippen LogP contribution in [0.25, 0.3) is 0 Å². The number of likely N-dealkylation sites (tertiary alicyclic amines) is 1. The van der Waals surface area contributed by atoms with E-state index in [1.54, 1.807) is 20.8 Å². The molecule has 10 nitrogen and oxygen atoms in total. The first-order valence-corrected chi connectivity index (χ1v) is 16.1. The van der Waals surface area contributed by atoms with Gasteiger partial charge in [-0.15, -0.1) is 18.2 Å². The van der Waals surface area contributed by atoms with Crippen molar-refractivity contribution in [2.75, 3.05) is 13.2 Å². The number of terminal acetylenes is 1. The highest BCUT2D eigenvalue weighted by Gasteiger charge is 2.53. The van der Waals surface area contributed by atoms with Gasteiger partial charge in [0.15, 0.2) is 0 Å². The van der Waals surface area contributed by atoms with Crippen molar-refractivity contribution >= 4 is 23.8 Å². The lowest BCUT2D eigenvalue weighted by atomic mass is 9.85. The Labute approximate surface area is 253 Å². The van der Waals surface area contributed by atoms with E-state index in [-0.39, 0.29) is 17.6 Å². The van der Waals surface area contributed by atoms with Gasteiger partial charge in [0, 0.05) is 19.1 Å². The fourth-order valence-electron chi connectivity index (χ4n) is 6.59. The summed E-state index contributed by atoms with van der Waals surface area (Å²) in [7, 11) is 0. The number of aliphatic hydroxyl groups is 3. The van der Waals surface area contributed by atoms with Gasteiger partial charge in [0.2, 0.25) is 5.91 Å². The Morgan fingerprint density at radius 1 is 1.14 bits per heavy atom. The molecule has 4 aliphatic rings. The molecule has 0 aromatic rings. The highest BCUT2D eigenvalue weighted by molar-refractivity contribution is 8.00. The van der Waals surface area contributed by atoms with Crippen molar-refractivity contribution in [3.05, 3.63) is 12.2 Å². The third kappa shape index (κ3) is 7.82. The zero-order valence-electron chi connectivity index (χ0n) is 25.3. The number of hydrogen-bond donors (Lipinski definition) is 4. The SMILES string of the molecule is C#C[C@@H]1C/C=C\C[C@@H](NC(=O)[C@@H]2[C@@H]3OCC[C@@H](CC(C)C)C[C@H]3CN2C(=O)OC(C)(C)C)[C@H]2O[C@H](S1)[C@H](O)[C@@H](O)[C@H]2O. The van der Waals surface area contributed by atoms with Gasteiger partial charge < -0.3 is 34.8 Å². The second-order valence-electron chi connectivity index (χ2n) is 13.5. The van der Waals surface area contributed by atoms with Crippen molar-refractivity contribution in [3.8, 4) is 12.3 Å². The molecule has 0 radical (unpaired) electrons. The number of hydrogen-bond acceptors (Lipinski definition) is 9. The average molecular weight is 609 g/mol. The molecule has 4 N–H and O–H groups in total. The van der Waals surface area contributed by atoms with Crippen LogP contribution in [0.3, 0.4) is 0 Å². The summed E-state index contributed by atoms with van der Waals surface area (Å²) in [5, 5.41) is 35.0. The van der Waals surface area contributed by atoms with E-state index >= 15 is 0 Å². The molecule has 0 unspecified atom stereocenters. The monoisotopic (exact) mass is 608 g/mol. The van der Waals surface area contributed by atoms with Crippen LogP contribution in [-0.4, -0.2) is 104 Å². The molecular formula is C31H48N2O8S. The van der Waals surface area contributed by atoms with Gasteiger partial charge in [-0.25, -0.2) is 4.79 Å². The molecule has 3 fully saturated rings. The number of thioether (sulfide) groups is 1. The van der Waals surface area contributed by atoms with Crippen LogP contribution in [0.4, 0.5) is 4.79 Å². The fraction of sp³-hybridized carbons (Fsp3) is 0.806. The number of nitrogens with one attached hydrogen (secondary N) is 1. The Kier molecular flexibility index (Phi) is 10.9. The Bertz CT molecular complexity index is 1030. The molecule has 0 aromatic carbocycles. The third-order valence-corrected chi connectivity index (χ3v) is 9.75. The van der Waals surface area contributed by atoms with Crippen molar-refractivity contribution in [3.63, 3.8) is 0 Å². The van der Waals surface area contributed by atoms with Crippen molar-refractivity contribution in [1.29, 1.82) is 0 Å². The average Bonchev–Trinajstić information content (AvgIpc) is 3.15. The highest BCUT2D eigenvalue weighted by Crippen LogP contribution is 2.39. The summed E-state index contributed by atoms with van der Waals surface area (Å²) >= 11 is 1.20. The Morgan fingerprint density at radius 2 is 1.86 bits per heavy atom. The van der Waals surface area contributed by atoms with Gasteiger partial charge in [-0.3, -0.25) is 9.69 Å². The Morgan fingerprint density at radius 3 is 2.52 bits per heavy atom. The maximum absolute atomic E-state index is 14.1. The van der Waals surface area contributed by atoms with Crippen LogP contribution in [0, 0.1) is 30.1 Å². The summed E-state index contributed by atoms with van der Waals surface area (Å²) in [6.07, 6.45) is 6.65. The second kappa shape index (κ2) is 13.9. The quantitative estimate of drug-likeness (QED) is 0.280. The number of rotatable bonds is 4. The summed E-state index contributed by atoms with van der Waals surface area (Å²) in [4.78, 5) is 29.0. The van der Waals surface area contributed by atoms with E-state index in [9.17, 15) is 24.9 Å². The number of carbonyl (C=O) groups excluding carboxylic acids is 2. The number of ether oxygens (including phenoxy) is 3. The zero-order chi connectivity index (χ0) is 30.8. The number of aliphatic hydroxyl groups excluding tert-OH is 3. The van der Waals surface area contributed by atoms with E-state index in [1.165, 1.54) is 16.7 Å². The second-order valence-corrected chi connectivity index (χ2v) is 14.8. The first-order chi connectivity index (χ1) is 19.8. The van der Waals surface area contributed by atoms with Crippen molar-refractivity contribution in [2.45, 2.75) is 126 Å². The van der Waals surface area contributed by atoms with E-state index in [0.717, 1.165) is 19.3 Å². The Hall–Kier alpha value is -1.81. The number of fused-ring (bicyclic) bond motifs is 3. The topological polar surface area (TPSA) is 138 Å². The minimum atomic E-state index is -1.49. The van der Waals surface area contributed by atoms with Gasteiger partial charge in [-0.1, -0.05) is 31.9 Å². The van der Waals surface area contributed by atoms with Crippen LogP contribution in [0.1, 0.15) is 66.7 Å². The molecule has 0 aliphatic carbocycles. The molecule has 0 aromatic heterocycles. The van der Waals surface area contributed by atoms with Gasteiger partial charge in [-0.2, -0.15) is 0 Å². The molecule has 4 rings (SSSR count). The molecule has 4 aliphatic heterocycles. The minimum absolute atomic E-state index is 0.0292. The van der Waals surface area contributed by atoms with Gasteiger partial charge >= 0.3 is 6.09 Å². The number of nitrogens with zero attached hydrogens (tertiary/aromatic N) is 1. The van der Waals surface area contributed by atoms with Gasteiger partial charge in [-0.05, 0) is 64.7 Å². The molecule has 4 heterocycles. The molecule has 2 bridgehead atoms. The molecule has 0 saturated carbocycles. The molecule has 2 amide bonds. The normalized spacial score (nSPS) is 39.9. The van der Waals surface area contributed by atoms with E-state index < -0.39 is 65.6 Å². The highest BCUT2D eigenvalue weighted by atomic mass is 32.2. The van der Waals surface area contributed by atoms with Crippen molar-refractivity contribution < 1.29 is 39.1 Å². The van der Waals surface area contributed by atoms with Crippen LogP contribution < -0.4 is 5.32 Å². The first kappa shape index (κ1) is 33.1. The molecule has 11 heteroatoms. The minimum Gasteiger partial charge on any atom is -0.444 e. The van der Waals surface area contributed by atoms with Gasteiger partial charge in [0.25, 0.3) is 0 Å². The van der Waals surface area contributed by atoms with Gasteiger partial charge in [0.05, 0.1) is 17.4 Å². The van der Waals surface area contributed by atoms with E-state index in [4.69, 9.17) is 20.6 Å². The van der Waals surface area contributed by atoms with Crippen LogP contribution in [0.5, 0.6) is 0 Å². The summed E-state index contributed by atoms with van der Waals surface area (Å²) in [6.45, 7) is 10.6. The number of carbonyl (C=O) groups is 2. The Balaban J connectivity index is 1.60. The lowest BCUT2D eigenvalue weighted by Crippen LogP contribution is -2.64.